The Balaban J connectivity index is 1.72. The van der Waals surface area contributed by atoms with Crippen molar-refractivity contribution in [1.82, 2.24) is 19.5 Å². The van der Waals surface area contributed by atoms with E-state index in [2.05, 4.69) is 15.0 Å². The largest absolute Gasteiger partial charge is 0.386 e. The van der Waals surface area contributed by atoms with Crippen LogP contribution in [0, 0.1) is 0 Å². The van der Waals surface area contributed by atoms with E-state index in [9.17, 15) is 5.11 Å². The number of anilines is 1. The van der Waals surface area contributed by atoms with Crippen molar-refractivity contribution in [1.29, 1.82) is 0 Å². The first-order valence-corrected chi connectivity index (χ1v) is 7.54. The van der Waals surface area contributed by atoms with Crippen LogP contribution < -0.4 is 5.73 Å². The van der Waals surface area contributed by atoms with Crippen molar-refractivity contribution in [2.75, 3.05) is 12.3 Å². The molecule has 0 amide bonds. The van der Waals surface area contributed by atoms with Gasteiger partial charge in [-0.3, -0.25) is 4.57 Å². The number of aliphatic hydroxyl groups excluding tert-OH is 1. The van der Waals surface area contributed by atoms with Gasteiger partial charge in [-0.05, 0) is 13.8 Å². The second-order valence-corrected chi connectivity index (χ2v) is 6.40. The Morgan fingerprint density at radius 2 is 2.22 bits per heavy atom. The Hall–Kier alpha value is -1.52. The predicted octanol–water partition coefficient (Wildman–Crippen LogP) is 0.472. The summed E-state index contributed by atoms with van der Waals surface area (Å²) in [5.41, 5.74) is 6.43. The van der Waals surface area contributed by atoms with Crippen molar-refractivity contribution in [3.8, 4) is 0 Å². The number of rotatable bonds is 1. The standard InChI is InChI=1S/C13H16ClN5O4/c1-13(2)21-3-5-8(23-13)7(20)11(22-5)19-4-16-6-9(14)17-12(15)18-10(6)19/h4-5,7-8,11,20H,3H2,1-2H3,(H2,15,17,18). The molecule has 23 heavy (non-hydrogen) atoms. The minimum absolute atomic E-state index is 0.0230. The zero-order chi connectivity index (χ0) is 16.4. The number of aliphatic hydroxyl groups is 1. The van der Waals surface area contributed by atoms with Crippen LogP contribution in [0.3, 0.4) is 0 Å². The summed E-state index contributed by atoms with van der Waals surface area (Å²) in [5, 5.41) is 10.8. The van der Waals surface area contributed by atoms with Crippen LogP contribution in [0.2, 0.25) is 5.15 Å². The number of hydrogen-bond acceptors (Lipinski definition) is 8. The summed E-state index contributed by atoms with van der Waals surface area (Å²) in [6.45, 7) is 3.92. The van der Waals surface area contributed by atoms with E-state index in [0.29, 0.717) is 17.8 Å². The van der Waals surface area contributed by atoms with Crippen LogP contribution in [0.5, 0.6) is 0 Å². The molecule has 124 valence electrons. The lowest BCUT2D eigenvalue weighted by Crippen LogP contribution is -2.50. The van der Waals surface area contributed by atoms with Crippen molar-refractivity contribution < 1.29 is 19.3 Å². The fourth-order valence-corrected chi connectivity index (χ4v) is 3.18. The monoisotopic (exact) mass is 341 g/mol. The van der Waals surface area contributed by atoms with Crippen molar-refractivity contribution >= 4 is 28.7 Å². The quantitative estimate of drug-likeness (QED) is 0.719. The second-order valence-electron chi connectivity index (χ2n) is 6.05. The zero-order valence-electron chi connectivity index (χ0n) is 12.5. The van der Waals surface area contributed by atoms with Gasteiger partial charge in [-0.15, -0.1) is 0 Å². The predicted molar refractivity (Wildman–Crippen MR) is 79.6 cm³/mol. The highest BCUT2D eigenvalue weighted by Crippen LogP contribution is 2.38. The molecule has 2 saturated heterocycles. The first kappa shape index (κ1) is 15.0. The maximum atomic E-state index is 10.6. The summed E-state index contributed by atoms with van der Waals surface area (Å²) in [7, 11) is 0. The van der Waals surface area contributed by atoms with Gasteiger partial charge in [0.2, 0.25) is 5.95 Å². The van der Waals surface area contributed by atoms with E-state index in [1.54, 1.807) is 18.4 Å². The fourth-order valence-electron chi connectivity index (χ4n) is 2.96. The number of nitrogens with zero attached hydrogens (tertiary/aromatic N) is 4. The minimum atomic E-state index is -0.907. The number of ether oxygens (including phenoxy) is 3. The van der Waals surface area contributed by atoms with Crippen LogP contribution in [0.25, 0.3) is 11.2 Å². The summed E-state index contributed by atoms with van der Waals surface area (Å²) in [6, 6.07) is 0. The minimum Gasteiger partial charge on any atom is -0.386 e. The molecule has 2 aromatic heterocycles. The molecule has 0 spiro atoms. The summed E-state index contributed by atoms with van der Waals surface area (Å²) < 4.78 is 18.8. The maximum absolute atomic E-state index is 10.6. The van der Waals surface area contributed by atoms with Gasteiger partial charge in [0, 0.05) is 0 Å². The number of imidazole rings is 1. The van der Waals surface area contributed by atoms with Gasteiger partial charge in [0.15, 0.2) is 22.8 Å². The third-order valence-electron chi connectivity index (χ3n) is 3.99. The Labute approximate surface area is 136 Å². The zero-order valence-corrected chi connectivity index (χ0v) is 13.3. The molecule has 0 aliphatic carbocycles. The Kier molecular flexibility index (Phi) is 3.26. The van der Waals surface area contributed by atoms with E-state index in [1.807, 2.05) is 0 Å². The molecular formula is C13H16ClN5O4. The molecule has 0 radical (unpaired) electrons. The highest BCUT2D eigenvalue weighted by atomic mass is 35.5. The average Bonchev–Trinajstić information content (AvgIpc) is 3.00. The third kappa shape index (κ3) is 2.36. The summed E-state index contributed by atoms with van der Waals surface area (Å²) in [6.07, 6.45) is -1.03. The first-order chi connectivity index (χ1) is 10.9. The van der Waals surface area contributed by atoms with Crippen LogP contribution in [-0.2, 0) is 14.2 Å². The molecule has 3 N–H and O–H groups in total. The number of nitrogens with two attached hydrogens (primary N) is 1. The number of aromatic nitrogens is 4. The van der Waals surface area contributed by atoms with E-state index in [-0.39, 0.29) is 17.2 Å². The molecule has 2 aliphatic heterocycles. The van der Waals surface area contributed by atoms with Crippen LogP contribution >= 0.6 is 11.6 Å². The average molecular weight is 342 g/mol. The number of fused-ring (bicyclic) bond motifs is 2. The van der Waals surface area contributed by atoms with Crippen molar-refractivity contribution in [3.63, 3.8) is 0 Å². The Bertz CT molecular complexity index is 766. The van der Waals surface area contributed by atoms with Gasteiger partial charge in [-0.1, -0.05) is 11.6 Å². The molecule has 4 heterocycles. The van der Waals surface area contributed by atoms with Gasteiger partial charge in [0.05, 0.1) is 12.9 Å². The molecule has 4 rings (SSSR count). The lowest BCUT2D eigenvalue weighted by molar-refractivity contribution is -0.300. The third-order valence-corrected chi connectivity index (χ3v) is 4.26. The SMILES string of the molecule is CC1(C)OCC2OC(n3cnc4c(Cl)nc(N)nc43)C(O)C2O1. The summed E-state index contributed by atoms with van der Waals surface area (Å²) >= 11 is 6.02. The highest BCUT2D eigenvalue weighted by molar-refractivity contribution is 6.33. The molecule has 2 aliphatic rings. The van der Waals surface area contributed by atoms with Crippen LogP contribution in [-0.4, -0.2) is 55.3 Å². The molecule has 2 fully saturated rings. The van der Waals surface area contributed by atoms with E-state index in [1.165, 1.54) is 6.33 Å². The lowest BCUT2D eigenvalue weighted by Gasteiger charge is -2.37. The fraction of sp³-hybridized carbons (Fsp3) is 0.615. The van der Waals surface area contributed by atoms with Crippen molar-refractivity contribution in [2.24, 2.45) is 0 Å². The van der Waals surface area contributed by atoms with Crippen molar-refractivity contribution in [2.45, 2.75) is 44.2 Å². The molecule has 0 saturated carbocycles. The molecular weight excluding hydrogens is 326 g/mol. The van der Waals surface area contributed by atoms with Gasteiger partial charge >= 0.3 is 0 Å². The van der Waals surface area contributed by atoms with Crippen molar-refractivity contribution in [3.05, 3.63) is 11.5 Å². The smallest absolute Gasteiger partial charge is 0.223 e. The van der Waals surface area contributed by atoms with E-state index in [4.69, 9.17) is 31.5 Å². The molecule has 0 aromatic carbocycles. The van der Waals surface area contributed by atoms with Gasteiger partial charge < -0.3 is 25.1 Å². The van der Waals surface area contributed by atoms with E-state index < -0.39 is 24.2 Å². The maximum Gasteiger partial charge on any atom is 0.223 e. The van der Waals surface area contributed by atoms with Gasteiger partial charge in [0.25, 0.3) is 0 Å². The van der Waals surface area contributed by atoms with Crippen LogP contribution in [0.1, 0.15) is 20.1 Å². The summed E-state index contributed by atoms with van der Waals surface area (Å²) in [5.74, 6) is -0.747. The highest BCUT2D eigenvalue weighted by Gasteiger charge is 2.51. The number of nitrogen functional groups attached to an aromatic ring is 1. The second kappa shape index (κ2) is 4.99. The normalized spacial score (nSPS) is 33.0. The Morgan fingerprint density at radius 1 is 1.43 bits per heavy atom. The van der Waals surface area contributed by atoms with E-state index >= 15 is 0 Å². The molecule has 0 bridgehead atoms. The molecule has 4 atom stereocenters. The molecule has 4 unspecified atom stereocenters. The summed E-state index contributed by atoms with van der Waals surface area (Å²) in [4.78, 5) is 12.2. The first-order valence-electron chi connectivity index (χ1n) is 7.16. The lowest BCUT2D eigenvalue weighted by atomic mass is 10.1. The topological polar surface area (TPSA) is 118 Å². The Morgan fingerprint density at radius 3 is 3.00 bits per heavy atom. The number of hydrogen-bond donors (Lipinski definition) is 2. The van der Waals surface area contributed by atoms with Gasteiger partial charge in [0.1, 0.15) is 23.8 Å². The van der Waals surface area contributed by atoms with Gasteiger partial charge in [-0.25, -0.2) is 4.98 Å². The molecule has 9 nitrogen and oxygen atoms in total. The molecule has 2 aromatic rings. The molecule has 10 heteroatoms. The van der Waals surface area contributed by atoms with Crippen LogP contribution in [0.4, 0.5) is 5.95 Å². The van der Waals surface area contributed by atoms with Gasteiger partial charge in [-0.2, -0.15) is 9.97 Å². The number of halogens is 1. The van der Waals surface area contributed by atoms with E-state index in [0.717, 1.165) is 0 Å². The van der Waals surface area contributed by atoms with Crippen LogP contribution in [0.15, 0.2) is 6.33 Å².